The summed E-state index contributed by atoms with van der Waals surface area (Å²) in [4.78, 5) is 14.9. The third kappa shape index (κ3) is 5.54. The van der Waals surface area contributed by atoms with E-state index in [1.807, 2.05) is 17.0 Å². The van der Waals surface area contributed by atoms with Crippen LogP contribution in [0.1, 0.15) is 35.7 Å². The summed E-state index contributed by atoms with van der Waals surface area (Å²) in [5.74, 6) is 1.15. The fraction of sp³-hybridized carbons (Fsp3) is 0.375. The fourth-order valence-electron chi connectivity index (χ4n) is 3.80. The predicted molar refractivity (Wildman–Crippen MR) is 122 cm³/mol. The van der Waals surface area contributed by atoms with Gasteiger partial charge in [-0.05, 0) is 60.7 Å². The molecule has 1 heterocycles. The quantitative estimate of drug-likeness (QED) is 0.581. The highest BCUT2D eigenvalue weighted by Crippen LogP contribution is 2.22. The SMILES string of the molecule is C=CCN(Cc1ccc(C(=O)N2CCCC(C)C2)cc1)S(=O)(=O)c1ccc(OC)cc1. The Hall–Kier alpha value is -2.64. The van der Waals surface area contributed by atoms with Crippen LogP contribution in [0.15, 0.2) is 66.1 Å². The standard InChI is InChI=1S/C24H30N2O4S/c1-4-15-26(31(28,29)23-13-11-22(30-3)12-14-23)18-20-7-9-21(10-8-20)24(27)25-16-5-6-19(2)17-25/h4,7-14,19H,1,5-6,15-18H2,2-3H3. The number of piperidine rings is 1. The van der Waals surface area contributed by atoms with Gasteiger partial charge in [-0.15, -0.1) is 6.58 Å². The van der Waals surface area contributed by atoms with Gasteiger partial charge in [-0.2, -0.15) is 4.31 Å². The normalized spacial score (nSPS) is 16.9. The van der Waals surface area contributed by atoms with Crippen LogP contribution in [0.5, 0.6) is 5.75 Å². The molecule has 0 saturated carbocycles. The zero-order chi connectivity index (χ0) is 22.4. The van der Waals surface area contributed by atoms with Crippen LogP contribution in [-0.4, -0.2) is 50.3 Å². The lowest BCUT2D eigenvalue weighted by Crippen LogP contribution is -2.39. The number of likely N-dealkylation sites (tertiary alicyclic amines) is 1. The second-order valence-corrected chi connectivity index (χ2v) is 9.90. The Morgan fingerprint density at radius 1 is 1.19 bits per heavy atom. The molecule has 1 fully saturated rings. The van der Waals surface area contributed by atoms with Gasteiger partial charge in [-0.3, -0.25) is 4.79 Å². The summed E-state index contributed by atoms with van der Waals surface area (Å²) >= 11 is 0. The molecule has 6 nitrogen and oxygen atoms in total. The summed E-state index contributed by atoms with van der Waals surface area (Å²) in [6, 6.07) is 13.5. The average molecular weight is 443 g/mol. The number of carbonyl (C=O) groups is 1. The minimum absolute atomic E-state index is 0.0342. The molecule has 0 spiro atoms. The number of benzene rings is 2. The molecule has 0 radical (unpaired) electrons. The van der Waals surface area contributed by atoms with Crippen molar-refractivity contribution in [3.63, 3.8) is 0 Å². The highest BCUT2D eigenvalue weighted by Gasteiger charge is 2.25. The molecule has 1 aliphatic heterocycles. The van der Waals surface area contributed by atoms with E-state index in [1.54, 1.807) is 30.3 Å². The fourth-order valence-corrected chi connectivity index (χ4v) is 5.20. The molecule has 1 amide bonds. The molecule has 0 bridgehead atoms. The Morgan fingerprint density at radius 2 is 1.87 bits per heavy atom. The Bertz CT molecular complexity index is 1000. The number of amides is 1. The van der Waals surface area contributed by atoms with Crippen molar-refractivity contribution in [1.29, 1.82) is 0 Å². The van der Waals surface area contributed by atoms with Crippen molar-refractivity contribution in [2.75, 3.05) is 26.7 Å². The molecule has 0 aromatic heterocycles. The van der Waals surface area contributed by atoms with Gasteiger partial charge in [0.1, 0.15) is 5.75 Å². The van der Waals surface area contributed by atoms with E-state index >= 15 is 0 Å². The van der Waals surface area contributed by atoms with Crippen LogP contribution in [0.3, 0.4) is 0 Å². The number of methoxy groups -OCH3 is 1. The Balaban J connectivity index is 1.75. The monoisotopic (exact) mass is 442 g/mol. The summed E-state index contributed by atoms with van der Waals surface area (Å²) in [6.07, 6.45) is 3.76. The van der Waals surface area contributed by atoms with Crippen molar-refractivity contribution in [2.24, 2.45) is 5.92 Å². The number of ether oxygens (including phenoxy) is 1. The maximum absolute atomic E-state index is 13.1. The smallest absolute Gasteiger partial charge is 0.253 e. The van der Waals surface area contributed by atoms with Crippen LogP contribution in [0, 0.1) is 5.92 Å². The molecule has 0 aliphatic carbocycles. The molecule has 2 aromatic rings. The van der Waals surface area contributed by atoms with Crippen molar-refractivity contribution in [1.82, 2.24) is 9.21 Å². The molecule has 1 aliphatic rings. The summed E-state index contributed by atoms with van der Waals surface area (Å²) in [6.45, 7) is 7.81. The minimum atomic E-state index is -3.70. The first kappa shape index (κ1) is 23.0. The van der Waals surface area contributed by atoms with Gasteiger partial charge >= 0.3 is 0 Å². The van der Waals surface area contributed by atoms with Gasteiger partial charge in [0.05, 0.1) is 12.0 Å². The van der Waals surface area contributed by atoms with E-state index in [0.29, 0.717) is 17.2 Å². The number of hydrogen-bond donors (Lipinski definition) is 0. The lowest BCUT2D eigenvalue weighted by molar-refractivity contribution is 0.0683. The van der Waals surface area contributed by atoms with Gasteiger partial charge < -0.3 is 9.64 Å². The van der Waals surface area contributed by atoms with E-state index in [0.717, 1.165) is 31.5 Å². The molecular formula is C24H30N2O4S. The van der Waals surface area contributed by atoms with Crippen molar-refractivity contribution in [3.8, 4) is 5.75 Å². The van der Waals surface area contributed by atoms with Crippen molar-refractivity contribution >= 4 is 15.9 Å². The minimum Gasteiger partial charge on any atom is -0.497 e. The number of sulfonamides is 1. The first-order valence-corrected chi connectivity index (χ1v) is 11.9. The highest BCUT2D eigenvalue weighted by atomic mass is 32.2. The lowest BCUT2D eigenvalue weighted by atomic mass is 9.99. The van der Waals surface area contributed by atoms with Crippen LogP contribution in [0.25, 0.3) is 0 Å². The third-order valence-electron chi connectivity index (χ3n) is 5.53. The molecule has 1 saturated heterocycles. The van der Waals surface area contributed by atoms with Gasteiger partial charge in [-0.25, -0.2) is 8.42 Å². The average Bonchev–Trinajstić information content (AvgIpc) is 2.79. The van der Waals surface area contributed by atoms with Gasteiger partial charge in [0.25, 0.3) is 5.91 Å². The number of hydrogen-bond acceptors (Lipinski definition) is 4. The van der Waals surface area contributed by atoms with Crippen LogP contribution >= 0.6 is 0 Å². The second-order valence-electron chi connectivity index (χ2n) is 7.96. The molecule has 0 N–H and O–H groups in total. The Morgan fingerprint density at radius 3 is 2.45 bits per heavy atom. The van der Waals surface area contributed by atoms with E-state index in [4.69, 9.17) is 4.74 Å². The predicted octanol–water partition coefficient (Wildman–Crippen LogP) is 3.94. The maximum atomic E-state index is 13.1. The van der Waals surface area contributed by atoms with Gasteiger partial charge in [0.15, 0.2) is 0 Å². The van der Waals surface area contributed by atoms with Crippen molar-refractivity contribution in [3.05, 3.63) is 72.3 Å². The van der Waals surface area contributed by atoms with Crippen LogP contribution in [-0.2, 0) is 16.6 Å². The van der Waals surface area contributed by atoms with Gasteiger partial charge in [0, 0.05) is 31.7 Å². The van der Waals surface area contributed by atoms with E-state index in [-0.39, 0.29) is 23.9 Å². The topological polar surface area (TPSA) is 66.9 Å². The van der Waals surface area contributed by atoms with Crippen LogP contribution < -0.4 is 4.74 Å². The largest absolute Gasteiger partial charge is 0.497 e. The first-order chi connectivity index (χ1) is 14.8. The number of nitrogens with zero attached hydrogens (tertiary/aromatic N) is 2. The van der Waals surface area contributed by atoms with Crippen LogP contribution in [0.4, 0.5) is 0 Å². The molecule has 1 atom stereocenters. The zero-order valence-electron chi connectivity index (χ0n) is 18.2. The first-order valence-electron chi connectivity index (χ1n) is 10.5. The molecule has 7 heteroatoms. The highest BCUT2D eigenvalue weighted by molar-refractivity contribution is 7.89. The molecule has 166 valence electrons. The number of carbonyl (C=O) groups excluding carboxylic acids is 1. The van der Waals surface area contributed by atoms with E-state index in [9.17, 15) is 13.2 Å². The molecular weight excluding hydrogens is 412 g/mol. The van der Waals surface area contributed by atoms with Gasteiger partial charge in [-0.1, -0.05) is 25.1 Å². The molecule has 31 heavy (non-hydrogen) atoms. The maximum Gasteiger partial charge on any atom is 0.253 e. The van der Waals surface area contributed by atoms with E-state index in [1.165, 1.54) is 23.5 Å². The van der Waals surface area contributed by atoms with E-state index < -0.39 is 10.0 Å². The summed E-state index contributed by atoms with van der Waals surface area (Å²) in [5, 5.41) is 0. The number of rotatable bonds is 8. The van der Waals surface area contributed by atoms with Crippen molar-refractivity contribution < 1.29 is 17.9 Å². The second kappa shape index (κ2) is 10.1. The summed E-state index contributed by atoms with van der Waals surface area (Å²) in [5.41, 5.74) is 1.44. The lowest BCUT2D eigenvalue weighted by Gasteiger charge is -2.31. The zero-order valence-corrected chi connectivity index (χ0v) is 19.0. The molecule has 2 aromatic carbocycles. The van der Waals surface area contributed by atoms with Gasteiger partial charge in [0.2, 0.25) is 10.0 Å². The third-order valence-corrected chi connectivity index (χ3v) is 7.36. The van der Waals surface area contributed by atoms with E-state index in [2.05, 4.69) is 13.5 Å². The summed E-state index contributed by atoms with van der Waals surface area (Å²) in [7, 11) is -2.17. The molecule has 1 unspecified atom stereocenters. The summed E-state index contributed by atoms with van der Waals surface area (Å²) < 4.78 is 32.7. The van der Waals surface area contributed by atoms with Crippen LogP contribution in [0.2, 0.25) is 0 Å². The Kier molecular flexibility index (Phi) is 7.51. The Labute approximate surface area is 185 Å². The van der Waals surface area contributed by atoms with Crippen molar-refractivity contribution in [2.45, 2.75) is 31.2 Å². The molecule has 3 rings (SSSR count).